The highest BCUT2D eigenvalue weighted by Crippen LogP contribution is 2.24. The quantitative estimate of drug-likeness (QED) is 0.0204. The van der Waals surface area contributed by atoms with E-state index >= 15 is 0 Å². The van der Waals surface area contributed by atoms with E-state index in [-0.39, 0.29) is 153 Å². The van der Waals surface area contributed by atoms with Gasteiger partial charge in [0.05, 0.1) is 135 Å². The average Bonchev–Trinajstić information content (AvgIpc) is 0.831. The highest BCUT2D eigenvalue weighted by atomic mass is 16.6. The molecule has 6 aromatic carbocycles. The summed E-state index contributed by atoms with van der Waals surface area (Å²) in [6.07, 6.45) is -1.82. The molecule has 0 radical (unpaired) electrons. The molecule has 0 aromatic heterocycles. The van der Waals surface area contributed by atoms with Crippen LogP contribution in [0, 0.1) is 58.7 Å². The fourth-order valence-electron chi connectivity index (χ4n) is 10.8. The van der Waals surface area contributed by atoms with Crippen LogP contribution >= 0.6 is 0 Å². The molecule has 6 rings (SSSR count). The van der Waals surface area contributed by atoms with Crippen molar-refractivity contribution in [2.75, 3.05) is 168 Å². The Labute approximate surface area is 751 Å². The van der Waals surface area contributed by atoms with Gasteiger partial charge in [0.1, 0.15) is 61.7 Å². The molecular weight excluding hydrogens is 1620 g/mol. The van der Waals surface area contributed by atoms with Crippen LogP contribution < -0.4 is 4.74 Å². The number of carbonyl (C=O) groups is 6. The van der Waals surface area contributed by atoms with Crippen molar-refractivity contribution in [3.05, 3.63) is 209 Å². The van der Waals surface area contributed by atoms with Gasteiger partial charge >= 0.3 is 29.8 Å². The first-order valence-electron chi connectivity index (χ1n) is 43.6. The SMILES string of the molecule is COC(COCC(C)COC(=O)C(C)(C)C)c1ccccc1.COC(COCC(C)COC(=O)C(C)C)c1ccccc1.COC(COCC(C)COC(=O)COc1ccc(C(=O)C(C)C)cc1)c1ccccc1.COC(COCC(C)COC(CO)COC(=O)C(C)C)c1ccccc1.COC(COCC(C)COCC(O)COC(=O)C(C)C)c1ccccc1. The van der Waals surface area contributed by atoms with E-state index in [0.717, 1.165) is 27.8 Å². The molecule has 0 aliphatic rings. The summed E-state index contributed by atoms with van der Waals surface area (Å²) in [7, 11) is 8.34. The molecule has 6 aromatic rings. The molecular formula is C100H150O26. The van der Waals surface area contributed by atoms with Crippen molar-refractivity contribution in [1.29, 1.82) is 0 Å². The third kappa shape index (κ3) is 52.1. The standard InChI is InChI=1S/C25H32O6.2C20H32O6.C18H28O4.C17H26O4/c1-18(2)25(27)21-10-12-22(13-11-21)30-17-24(26)31-15-19(3)14-29-16-23(28-4)20-8-6-5-7-9-20;1-15(2)20(22)26-13-18(10-21)25-12-16(3)11-24-14-19(23-4)17-8-6-5-7-9-17;1-15(2)20(22)26-13-18(21)12-24-10-16(3)11-25-14-19(23-4)17-8-6-5-7-9-17;1-14(12-22-17(19)18(2,3)4)11-21-13-16(20-5)15-9-7-6-8-10-15;1-13(2)17(18)21-11-14(3)10-20-12-16(19-4)15-8-6-5-7-9-15/h5-13,18-19,23H,14-17H2,1-4H3;2*5-9,15-16,18-19,21H,10-14H2,1-4H3;6-10,14,16H,11-13H2,1-5H3;5-9,13-14,16H,10-12H2,1-4H3. The summed E-state index contributed by atoms with van der Waals surface area (Å²) >= 11 is 0. The van der Waals surface area contributed by atoms with Crippen LogP contribution in [-0.4, -0.2) is 226 Å². The number of aliphatic hydroxyl groups is 2. The van der Waals surface area contributed by atoms with Gasteiger partial charge < -0.3 is 95.5 Å². The molecule has 26 nitrogen and oxygen atoms in total. The fourth-order valence-corrected chi connectivity index (χ4v) is 10.8. The molecule has 26 heteroatoms. The number of aliphatic hydroxyl groups excluding tert-OH is 2. The molecule has 0 bridgehead atoms. The number of Topliss-reactive ketones (excluding diaryl/α,β-unsaturated/α-hetero) is 1. The van der Waals surface area contributed by atoms with Gasteiger partial charge in [-0.25, -0.2) is 4.79 Å². The molecule has 0 amide bonds. The van der Waals surface area contributed by atoms with Crippen molar-refractivity contribution >= 4 is 35.6 Å². The Balaban J connectivity index is 0.000000537. The Morgan fingerprint density at radius 2 is 0.587 bits per heavy atom. The molecule has 0 spiro atoms. The highest BCUT2D eigenvalue weighted by molar-refractivity contribution is 5.97. The number of hydrogen-bond acceptors (Lipinski definition) is 26. The molecule has 2 N–H and O–H groups in total. The number of rotatable bonds is 56. The molecule has 126 heavy (non-hydrogen) atoms. The minimum absolute atomic E-state index is 0.0403. The number of benzene rings is 6. The van der Waals surface area contributed by atoms with Gasteiger partial charge in [-0.1, -0.05) is 242 Å². The van der Waals surface area contributed by atoms with E-state index in [0.29, 0.717) is 104 Å². The van der Waals surface area contributed by atoms with Crippen LogP contribution in [0.25, 0.3) is 0 Å². The number of esters is 5. The summed E-state index contributed by atoms with van der Waals surface area (Å²) in [6, 6.07) is 56.5. The average molecular weight is 1770 g/mol. The lowest BCUT2D eigenvalue weighted by molar-refractivity contribution is -0.155. The van der Waals surface area contributed by atoms with Gasteiger partial charge in [0.25, 0.3) is 0 Å². The molecule has 0 aliphatic carbocycles. The summed E-state index contributed by atoms with van der Waals surface area (Å²) < 4.78 is 98.2. The van der Waals surface area contributed by atoms with Gasteiger partial charge in [-0.15, -0.1) is 0 Å². The number of hydrogen-bond donors (Lipinski definition) is 2. The Kier molecular flexibility index (Phi) is 61.1. The van der Waals surface area contributed by atoms with Crippen molar-refractivity contribution < 1.29 is 124 Å². The van der Waals surface area contributed by atoms with Gasteiger partial charge in [-0.2, -0.15) is 0 Å². The first-order valence-corrected chi connectivity index (χ1v) is 43.6. The van der Waals surface area contributed by atoms with E-state index in [4.69, 9.17) is 85.3 Å². The Morgan fingerprint density at radius 3 is 0.881 bits per heavy atom. The van der Waals surface area contributed by atoms with Crippen LogP contribution in [0.3, 0.4) is 0 Å². The van der Waals surface area contributed by atoms with E-state index in [1.54, 1.807) is 87.5 Å². The predicted octanol–water partition coefficient (Wildman–Crippen LogP) is 16.5. The fraction of sp³-hybridized carbons (Fsp3) is 0.580. The van der Waals surface area contributed by atoms with Gasteiger partial charge in [0.15, 0.2) is 12.4 Å². The first kappa shape index (κ1) is 114. The van der Waals surface area contributed by atoms with Gasteiger partial charge in [0.2, 0.25) is 0 Å². The molecule has 0 aliphatic heterocycles. The zero-order valence-corrected chi connectivity index (χ0v) is 78.8. The topological polar surface area (TPSA) is 309 Å². The van der Waals surface area contributed by atoms with E-state index in [1.165, 1.54) is 0 Å². The molecule has 12 atom stereocenters. The van der Waals surface area contributed by atoms with Crippen molar-refractivity contribution in [2.24, 2.45) is 58.7 Å². The monoisotopic (exact) mass is 1770 g/mol. The van der Waals surface area contributed by atoms with E-state index in [2.05, 4.69) is 0 Å². The normalized spacial score (nSPS) is 14.2. The third-order valence-electron chi connectivity index (χ3n) is 18.6. The first-order chi connectivity index (χ1) is 60.2. The van der Waals surface area contributed by atoms with Crippen LogP contribution in [0.5, 0.6) is 5.75 Å². The number of methoxy groups -OCH3 is 5. The second-order valence-corrected chi connectivity index (χ2v) is 33.4. The second kappa shape index (κ2) is 67.8. The minimum atomic E-state index is -0.818. The minimum Gasteiger partial charge on any atom is -0.482 e. The Morgan fingerprint density at radius 1 is 0.310 bits per heavy atom. The Hall–Kier alpha value is -8.42. The summed E-state index contributed by atoms with van der Waals surface area (Å²) in [5, 5.41) is 19.1. The molecule has 0 fully saturated rings. The van der Waals surface area contributed by atoms with Crippen LogP contribution in [-0.2, 0) is 104 Å². The van der Waals surface area contributed by atoms with E-state index in [1.807, 2.05) is 235 Å². The summed E-state index contributed by atoms with van der Waals surface area (Å²) in [5.74, 6) is -0.707. The maximum Gasteiger partial charge on any atom is 0.344 e. The molecule has 0 saturated carbocycles. The number of ether oxygens (including phenoxy) is 18. The second-order valence-electron chi connectivity index (χ2n) is 33.4. The lowest BCUT2D eigenvalue weighted by atomic mass is 9.97. The van der Waals surface area contributed by atoms with E-state index in [9.17, 15) is 39.0 Å². The molecule has 706 valence electrons. The van der Waals surface area contributed by atoms with Crippen molar-refractivity contribution in [3.8, 4) is 5.75 Å². The number of carbonyl (C=O) groups excluding carboxylic acids is 6. The van der Waals surface area contributed by atoms with Crippen LogP contribution in [0.2, 0.25) is 0 Å². The van der Waals surface area contributed by atoms with Crippen LogP contribution in [0.1, 0.15) is 179 Å². The highest BCUT2D eigenvalue weighted by Gasteiger charge is 2.25. The van der Waals surface area contributed by atoms with Crippen molar-refractivity contribution in [2.45, 2.75) is 154 Å². The molecule has 0 saturated heterocycles. The maximum absolute atomic E-state index is 11.9. The summed E-state index contributed by atoms with van der Waals surface area (Å²) in [4.78, 5) is 69.7. The lowest BCUT2D eigenvalue weighted by Crippen LogP contribution is -2.29. The van der Waals surface area contributed by atoms with Gasteiger partial charge in [-0.05, 0) is 72.9 Å². The smallest absolute Gasteiger partial charge is 0.344 e. The Bertz CT molecular complexity index is 3740. The third-order valence-corrected chi connectivity index (χ3v) is 18.6. The largest absolute Gasteiger partial charge is 0.482 e. The zero-order chi connectivity index (χ0) is 93.6. The predicted molar refractivity (Wildman–Crippen MR) is 484 cm³/mol. The van der Waals surface area contributed by atoms with Crippen LogP contribution in [0.4, 0.5) is 0 Å². The van der Waals surface area contributed by atoms with Gasteiger partial charge in [-0.3, -0.25) is 24.0 Å². The number of ketones is 1. The van der Waals surface area contributed by atoms with Gasteiger partial charge in [0, 0.05) is 76.6 Å². The van der Waals surface area contributed by atoms with E-state index < -0.39 is 23.6 Å². The zero-order valence-electron chi connectivity index (χ0n) is 78.8. The lowest BCUT2D eigenvalue weighted by Gasteiger charge is -2.20. The summed E-state index contributed by atoms with van der Waals surface area (Å²) in [6.45, 7) is 36.4. The van der Waals surface area contributed by atoms with Crippen molar-refractivity contribution in [3.63, 3.8) is 0 Å². The van der Waals surface area contributed by atoms with Crippen LogP contribution in [0.15, 0.2) is 176 Å². The molecule has 0 heterocycles. The van der Waals surface area contributed by atoms with Crippen molar-refractivity contribution in [1.82, 2.24) is 0 Å². The molecule has 12 unspecified atom stereocenters. The summed E-state index contributed by atoms with van der Waals surface area (Å²) in [5.41, 5.74) is 5.57. The maximum atomic E-state index is 11.9.